The van der Waals surface area contributed by atoms with Crippen LogP contribution in [0.1, 0.15) is 86.2 Å². The third-order valence-electron chi connectivity index (χ3n) is 7.51. The Labute approximate surface area is 211 Å². The minimum Gasteiger partial charge on any atom is -0.303 e. The normalized spacial score (nSPS) is 15.4. The molecule has 0 N–H and O–H groups in total. The minimum atomic E-state index is -0.146. The number of benzene rings is 2. The van der Waals surface area contributed by atoms with E-state index in [1.54, 1.807) is 0 Å². The number of hydrogen-bond acceptors (Lipinski definition) is 3. The van der Waals surface area contributed by atoms with Gasteiger partial charge in [-0.3, -0.25) is 9.59 Å². The van der Waals surface area contributed by atoms with Gasteiger partial charge < -0.3 is 4.90 Å². The van der Waals surface area contributed by atoms with Crippen LogP contribution in [0.25, 0.3) is 11.1 Å². The van der Waals surface area contributed by atoms with Crippen LogP contribution in [-0.4, -0.2) is 35.4 Å². The Hall–Kier alpha value is -1.91. The summed E-state index contributed by atoms with van der Waals surface area (Å²) in [5.74, 6) is 0.153. The Morgan fingerprint density at radius 3 is 2.44 bits per heavy atom. The van der Waals surface area contributed by atoms with Crippen molar-refractivity contribution < 1.29 is 9.59 Å². The molecule has 0 bridgehead atoms. The number of Topliss-reactive ketones (excluding diaryl/α,β-unsaturated/α-hetero) is 1. The lowest BCUT2D eigenvalue weighted by Gasteiger charge is -2.31. The largest absolute Gasteiger partial charge is 0.303 e. The third-order valence-corrected chi connectivity index (χ3v) is 7.69. The highest BCUT2D eigenvalue weighted by Crippen LogP contribution is 2.31. The van der Waals surface area contributed by atoms with Crippen LogP contribution in [0.15, 0.2) is 42.5 Å². The van der Waals surface area contributed by atoms with Gasteiger partial charge in [-0.15, -0.1) is 12.6 Å². The first-order chi connectivity index (χ1) is 16.4. The van der Waals surface area contributed by atoms with Crippen LogP contribution in [0.5, 0.6) is 0 Å². The zero-order chi connectivity index (χ0) is 24.5. The van der Waals surface area contributed by atoms with Gasteiger partial charge in [0.15, 0.2) is 10.9 Å². The molecule has 1 atom stereocenters. The van der Waals surface area contributed by atoms with Gasteiger partial charge in [0.05, 0.1) is 0 Å². The predicted molar refractivity (Wildman–Crippen MR) is 146 cm³/mol. The van der Waals surface area contributed by atoms with Crippen LogP contribution in [0, 0.1) is 12.8 Å². The van der Waals surface area contributed by atoms with Gasteiger partial charge in [-0.25, -0.2) is 0 Å². The number of nitrogens with zero attached hydrogens (tertiary/aromatic N) is 1. The average molecular weight is 480 g/mol. The number of carbonyl (C=O) groups is 2. The van der Waals surface area contributed by atoms with Crippen LogP contribution in [0.4, 0.5) is 0 Å². The second-order valence-corrected chi connectivity index (χ2v) is 10.6. The first-order valence-corrected chi connectivity index (χ1v) is 13.5. The summed E-state index contributed by atoms with van der Waals surface area (Å²) in [6.45, 7) is 5.25. The summed E-state index contributed by atoms with van der Waals surface area (Å²) >= 11 is 3.93. The fourth-order valence-corrected chi connectivity index (χ4v) is 5.56. The summed E-state index contributed by atoms with van der Waals surface area (Å²) < 4.78 is 0. The van der Waals surface area contributed by atoms with E-state index < -0.39 is 0 Å². The van der Waals surface area contributed by atoms with E-state index in [2.05, 4.69) is 55.8 Å². The molecule has 3 nitrogen and oxygen atoms in total. The van der Waals surface area contributed by atoms with E-state index in [4.69, 9.17) is 0 Å². The van der Waals surface area contributed by atoms with E-state index in [0.717, 1.165) is 48.5 Å². The number of thiol groups is 1. The van der Waals surface area contributed by atoms with Crippen molar-refractivity contribution in [1.82, 2.24) is 4.90 Å². The maximum absolute atomic E-state index is 13.3. The Bertz CT molecular complexity index is 964. The zero-order valence-electron chi connectivity index (χ0n) is 21.2. The SMILES string of the molecule is CCC(CC(=O)S)CC(=O)c1ccc(CCCN(C)C2CCCCC2)cc1-c1ccccc1C. The van der Waals surface area contributed by atoms with Crippen molar-refractivity contribution in [3.05, 3.63) is 59.2 Å². The molecule has 1 aliphatic carbocycles. The molecule has 0 radical (unpaired) electrons. The molecule has 184 valence electrons. The van der Waals surface area contributed by atoms with E-state index in [-0.39, 0.29) is 16.8 Å². The molecule has 34 heavy (non-hydrogen) atoms. The molecule has 1 fully saturated rings. The topological polar surface area (TPSA) is 37.4 Å². The van der Waals surface area contributed by atoms with Crippen molar-refractivity contribution in [3.63, 3.8) is 0 Å². The van der Waals surface area contributed by atoms with Crippen molar-refractivity contribution >= 4 is 23.5 Å². The highest BCUT2D eigenvalue weighted by atomic mass is 32.1. The number of carbonyl (C=O) groups excluding carboxylic acids is 2. The Morgan fingerprint density at radius 2 is 1.76 bits per heavy atom. The number of hydrogen-bond donors (Lipinski definition) is 1. The fourth-order valence-electron chi connectivity index (χ4n) is 5.30. The maximum atomic E-state index is 13.3. The molecule has 1 saturated carbocycles. The van der Waals surface area contributed by atoms with Crippen LogP contribution in [0.3, 0.4) is 0 Å². The quantitative estimate of drug-likeness (QED) is 0.256. The Kier molecular flexibility index (Phi) is 10.4. The second-order valence-electron chi connectivity index (χ2n) is 10.1. The van der Waals surface area contributed by atoms with Crippen LogP contribution in [-0.2, 0) is 11.2 Å². The lowest BCUT2D eigenvalue weighted by molar-refractivity contribution is -0.111. The molecule has 0 aromatic heterocycles. The summed E-state index contributed by atoms with van der Waals surface area (Å²) in [5.41, 5.74) is 5.36. The molecule has 2 aromatic rings. The molecule has 3 rings (SSSR count). The molecule has 0 aliphatic heterocycles. The van der Waals surface area contributed by atoms with Crippen molar-refractivity contribution in [3.8, 4) is 11.1 Å². The molecule has 1 unspecified atom stereocenters. The summed E-state index contributed by atoms with van der Waals surface area (Å²) in [6.07, 6.45) is 10.4. The van der Waals surface area contributed by atoms with E-state index in [1.807, 2.05) is 25.1 Å². The lowest BCUT2D eigenvalue weighted by Crippen LogP contribution is -2.34. The minimum absolute atomic E-state index is 0.0391. The van der Waals surface area contributed by atoms with Crippen molar-refractivity contribution in [2.45, 2.75) is 84.1 Å². The van der Waals surface area contributed by atoms with Crippen molar-refractivity contribution in [1.29, 1.82) is 0 Å². The fraction of sp³-hybridized carbons (Fsp3) is 0.533. The average Bonchev–Trinajstić information content (AvgIpc) is 2.84. The van der Waals surface area contributed by atoms with Gasteiger partial charge in [-0.1, -0.05) is 75.1 Å². The van der Waals surface area contributed by atoms with Crippen molar-refractivity contribution in [2.75, 3.05) is 13.6 Å². The maximum Gasteiger partial charge on any atom is 0.186 e. The second kappa shape index (κ2) is 13.3. The van der Waals surface area contributed by atoms with E-state index in [9.17, 15) is 9.59 Å². The zero-order valence-corrected chi connectivity index (χ0v) is 22.1. The highest BCUT2D eigenvalue weighted by molar-refractivity contribution is 7.96. The molecule has 1 aliphatic rings. The first-order valence-electron chi connectivity index (χ1n) is 13.0. The third kappa shape index (κ3) is 7.55. The Morgan fingerprint density at radius 1 is 1.03 bits per heavy atom. The molecule has 0 saturated heterocycles. The van der Waals surface area contributed by atoms with Gasteiger partial charge in [0.2, 0.25) is 0 Å². The van der Waals surface area contributed by atoms with Gasteiger partial charge in [0.1, 0.15) is 0 Å². The molecule has 4 heteroatoms. The van der Waals surface area contributed by atoms with Gasteiger partial charge in [0.25, 0.3) is 0 Å². The highest BCUT2D eigenvalue weighted by Gasteiger charge is 2.21. The number of rotatable bonds is 12. The molecule has 0 spiro atoms. The van der Waals surface area contributed by atoms with Gasteiger partial charge in [-0.2, -0.15) is 0 Å². The molecular formula is C30H41NO2S. The van der Waals surface area contributed by atoms with Gasteiger partial charge >= 0.3 is 0 Å². The van der Waals surface area contributed by atoms with Gasteiger partial charge in [0, 0.05) is 24.4 Å². The van der Waals surface area contributed by atoms with Crippen LogP contribution < -0.4 is 0 Å². The van der Waals surface area contributed by atoms with E-state index in [0.29, 0.717) is 12.8 Å². The predicted octanol–water partition coefficient (Wildman–Crippen LogP) is 7.30. The van der Waals surface area contributed by atoms with Crippen molar-refractivity contribution in [2.24, 2.45) is 5.92 Å². The summed E-state index contributed by atoms with van der Waals surface area (Å²) in [6, 6.07) is 15.4. The molecule has 0 amide bonds. The van der Waals surface area contributed by atoms with Crippen LogP contribution in [0.2, 0.25) is 0 Å². The lowest BCUT2D eigenvalue weighted by atomic mass is 9.87. The van der Waals surface area contributed by atoms with E-state index >= 15 is 0 Å². The van der Waals surface area contributed by atoms with Crippen LogP contribution >= 0.6 is 12.6 Å². The summed E-state index contributed by atoms with van der Waals surface area (Å²) in [5, 5.41) is -0.146. The smallest absolute Gasteiger partial charge is 0.186 e. The van der Waals surface area contributed by atoms with E-state index in [1.165, 1.54) is 43.2 Å². The monoisotopic (exact) mass is 479 g/mol. The Balaban J connectivity index is 1.77. The molecule has 2 aromatic carbocycles. The van der Waals surface area contributed by atoms with Gasteiger partial charge in [-0.05, 0) is 74.4 Å². The molecule has 0 heterocycles. The standard InChI is InChI=1S/C30H41NO2S/c1-4-23(21-30(33)34)20-29(32)27-17-16-24(19-28(27)26-15-9-8-11-22(26)2)12-10-18-31(3)25-13-6-5-7-14-25/h8-9,11,15-17,19,23,25H,4-7,10,12-14,18,20-21H2,1-3H3,(H,33,34). The number of ketones is 1. The summed E-state index contributed by atoms with van der Waals surface area (Å²) in [7, 11) is 2.27. The summed E-state index contributed by atoms with van der Waals surface area (Å²) in [4.78, 5) is 27.4. The first kappa shape index (κ1) is 26.7. The molecular weight excluding hydrogens is 438 g/mol. The number of aryl methyl sites for hydroxylation is 2.